The van der Waals surface area contributed by atoms with E-state index >= 15 is 0 Å². The summed E-state index contributed by atoms with van der Waals surface area (Å²) in [4.78, 5) is 38.1. The van der Waals surface area contributed by atoms with E-state index in [1.807, 2.05) is 0 Å². The van der Waals surface area contributed by atoms with Crippen molar-refractivity contribution in [3.8, 4) is 0 Å². The first-order chi connectivity index (χ1) is 12.9. The van der Waals surface area contributed by atoms with Crippen LogP contribution in [0.4, 0.5) is 5.69 Å². The molecule has 0 aliphatic rings. The summed E-state index contributed by atoms with van der Waals surface area (Å²) >= 11 is 7.10. The highest BCUT2D eigenvalue weighted by Gasteiger charge is 2.16. The summed E-state index contributed by atoms with van der Waals surface area (Å²) in [5.74, 6) is -0.966. The molecule has 0 aliphatic carbocycles. The zero-order valence-corrected chi connectivity index (χ0v) is 16.5. The van der Waals surface area contributed by atoms with Crippen molar-refractivity contribution < 1.29 is 19.1 Å². The molecule has 8 heteroatoms. The predicted molar refractivity (Wildman–Crippen MR) is 106 cm³/mol. The lowest BCUT2D eigenvalue weighted by Gasteiger charge is -2.12. The third-order valence-electron chi connectivity index (χ3n) is 3.40. The van der Waals surface area contributed by atoms with E-state index < -0.39 is 18.5 Å². The number of hydrogen-bond acceptors (Lipinski definition) is 5. The molecule has 0 unspecified atom stereocenters. The Morgan fingerprint density at radius 1 is 1.11 bits per heavy atom. The van der Waals surface area contributed by atoms with Gasteiger partial charge in [-0.05, 0) is 30.3 Å². The molecular weight excluding hydrogens is 388 g/mol. The highest BCUT2D eigenvalue weighted by molar-refractivity contribution is 8.00. The fourth-order valence-corrected chi connectivity index (χ4v) is 3.21. The summed E-state index contributed by atoms with van der Waals surface area (Å²) in [6.07, 6.45) is 0. The van der Waals surface area contributed by atoms with E-state index in [2.05, 4.69) is 5.32 Å². The molecule has 2 aromatic rings. The van der Waals surface area contributed by atoms with E-state index in [0.717, 1.165) is 0 Å². The van der Waals surface area contributed by atoms with Gasteiger partial charge in [-0.15, -0.1) is 11.8 Å². The minimum atomic E-state index is -0.628. The molecule has 1 N–H and O–H groups in total. The minimum Gasteiger partial charge on any atom is -0.452 e. The standard InChI is InChI=1S/C19H19ClN2O4S/c1-22(2)18(24)12-27-16-9-4-3-8-15(16)19(25)26-11-17(23)21-14-7-5-6-13(20)10-14/h3-10H,11-12H2,1-2H3,(H,21,23). The fraction of sp³-hybridized carbons (Fsp3) is 0.211. The summed E-state index contributed by atoms with van der Waals surface area (Å²) in [5.41, 5.74) is 0.825. The highest BCUT2D eigenvalue weighted by atomic mass is 35.5. The van der Waals surface area contributed by atoms with E-state index in [1.54, 1.807) is 62.6 Å². The summed E-state index contributed by atoms with van der Waals surface area (Å²) < 4.78 is 5.09. The Morgan fingerprint density at radius 2 is 1.85 bits per heavy atom. The number of amides is 2. The van der Waals surface area contributed by atoms with Gasteiger partial charge < -0.3 is 15.0 Å². The first kappa shape index (κ1) is 20.8. The van der Waals surface area contributed by atoms with Crippen LogP contribution in [0.15, 0.2) is 53.4 Å². The zero-order valence-electron chi connectivity index (χ0n) is 14.9. The smallest absolute Gasteiger partial charge is 0.339 e. The van der Waals surface area contributed by atoms with Crippen molar-refractivity contribution in [2.75, 3.05) is 31.8 Å². The molecule has 0 saturated carbocycles. The molecule has 0 heterocycles. The molecule has 0 spiro atoms. The van der Waals surface area contributed by atoms with Crippen LogP contribution in [-0.4, -0.2) is 49.1 Å². The van der Waals surface area contributed by atoms with Gasteiger partial charge >= 0.3 is 5.97 Å². The Bertz CT molecular complexity index is 842. The van der Waals surface area contributed by atoms with Crippen LogP contribution in [0.5, 0.6) is 0 Å². The average Bonchev–Trinajstić information content (AvgIpc) is 2.64. The Kier molecular flexibility index (Phi) is 7.69. The van der Waals surface area contributed by atoms with Gasteiger partial charge in [-0.3, -0.25) is 9.59 Å². The van der Waals surface area contributed by atoms with E-state index in [1.165, 1.54) is 16.7 Å². The normalized spacial score (nSPS) is 10.2. The molecule has 0 bridgehead atoms. The van der Waals surface area contributed by atoms with Crippen LogP contribution in [0.1, 0.15) is 10.4 Å². The van der Waals surface area contributed by atoms with Gasteiger partial charge in [0.2, 0.25) is 5.91 Å². The maximum Gasteiger partial charge on any atom is 0.339 e. The fourth-order valence-electron chi connectivity index (χ4n) is 2.00. The predicted octanol–water partition coefficient (Wildman–Crippen LogP) is 3.32. The average molecular weight is 407 g/mol. The van der Waals surface area contributed by atoms with Crippen LogP contribution in [0.25, 0.3) is 0 Å². The van der Waals surface area contributed by atoms with Crippen molar-refractivity contribution in [1.82, 2.24) is 4.90 Å². The molecule has 2 rings (SSSR count). The van der Waals surface area contributed by atoms with Crippen LogP contribution in [-0.2, 0) is 14.3 Å². The molecule has 0 aliphatic heterocycles. The van der Waals surface area contributed by atoms with E-state index in [9.17, 15) is 14.4 Å². The second kappa shape index (κ2) is 9.99. The Hall–Kier alpha value is -2.51. The van der Waals surface area contributed by atoms with Gasteiger partial charge in [0.25, 0.3) is 5.91 Å². The second-order valence-corrected chi connectivity index (χ2v) is 7.16. The van der Waals surface area contributed by atoms with Gasteiger partial charge in [0.1, 0.15) is 0 Å². The number of nitrogens with zero attached hydrogens (tertiary/aromatic N) is 1. The quantitative estimate of drug-likeness (QED) is 0.564. The number of esters is 1. The lowest BCUT2D eigenvalue weighted by Crippen LogP contribution is -2.23. The summed E-state index contributed by atoms with van der Waals surface area (Å²) in [6.45, 7) is -0.430. The number of ether oxygens (including phenoxy) is 1. The number of nitrogens with one attached hydrogen (secondary N) is 1. The maximum absolute atomic E-state index is 12.3. The second-order valence-electron chi connectivity index (χ2n) is 5.71. The van der Waals surface area contributed by atoms with Crippen LogP contribution >= 0.6 is 23.4 Å². The number of benzene rings is 2. The van der Waals surface area contributed by atoms with Crippen LogP contribution < -0.4 is 5.32 Å². The van der Waals surface area contributed by atoms with Gasteiger partial charge in [-0.2, -0.15) is 0 Å². The number of carbonyl (C=O) groups is 3. The number of carbonyl (C=O) groups excluding carboxylic acids is 3. The Balaban J connectivity index is 1.93. The Morgan fingerprint density at radius 3 is 2.56 bits per heavy atom. The number of thioether (sulfide) groups is 1. The van der Waals surface area contributed by atoms with Crippen molar-refractivity contribution in [3.05, 3.63) is 59.1 Å². The van der Waals surface area contributed by atoms with Crippen LogP contribution in [0.3, 0.4) is 0 Å². The van der Waals surface area contributed by atoms with E-state index in [-0.39, 0.29) is 11.7 Å². The number of anilines is 1. The van der Waals surface area contributed by atoms with Crippen molar-refractivity contribution in [2.24, 2.45) is 0 Å². The molecule has 142 valence electrons. The number of halogens is 1. The van der Waals surface area contributed by atoms with Gasteiger partial charge in [0, 0.05) is 29.7 Å². The molecule has 0 radical (unpaired) electrons. The topological polar surface area (TPSA) is 75.7 Å². The van der Waals surface area contributed by atoms with Gasteiger partial charge in [-0.1, -0.05) is 29.8 Å². The van der Waals surface area contributed by atoms with Gasteiger partial charge in [0.15, 0.2) is 6.61 Å². The molecule has 6 nitrogen and oxygen atoms in total. The minimum absolute atomic E-state index is 0.0657. The van der Waals surface area contributed by atoms with E-state index in [4.69, 9.17) is 16.3 Å². The maximum atomic E-state index is 12.3. The highest BCUT2D eigenvalue weighted by Crippen LogP contribution is 2.23. The molecule has 27 heavy (non-hydrogen) atoms. The lowest BCUT2D eigenvalue weighted by molar-refractivity contribution is -0.125. The summed E-state index contributed by atoms with van der Waals surface area (Å²) in [6, 6.07) is 13.5. The molecule has 2 amide bonds. The van der Waals surface area contributed by atoms with Gasteiger partial charge in [-0.25, -0.2) is 4.79 Å². The largest absolute Gasteiger partial charge is 0.452 e. The Labute approximate surface area is 166 Å². The molecule has 0 fully saturated rings. The van der Waals surface area contributed by atoms with E-state index in [0.29, 0.717) is 21.2 Å². The third-order valence-corrected chi connectivity index (χ3v) is 4.69. The monoisotopic (exact) mass is 406 g/mol. The van der Waals surface area contributed by atoms with Gasteiger partial charge in [0.05, 0.1) is 11.3 Å². The zero-order chi connectivity index (χ0) is 19.8. The summed E-state index contributed by atoms with van der Waals surface area (Å²) in [5, 5.41) is 3.09. The van der Waals surface area contributed by atoms with Crippen LogP contribution in [0, 0.1) is 0 Å². The molecule has 0 saturated heterocycles. The number of hydrogen-bond donors (Lipinski definition) is 1. The molecule has 0 atom stereocenters. The first-order valence-electron chi connectivity index (χ1n) is 8.01. The lowest BCUT2D eigenvalue weighted by atomic mass is 10.2. The SMILES string of the molecule is CN(C)C(=O)CSc1ccccc1C(=O)OCC(=O)Nc1cccc(Cl)c1. The van der Waals surface area contributed by atoms with Crippen molar-refractivity contribution in [1.29, 1.82) is 0 Å². The first-order valence-corrected chi connectivity index (χ1v) is 9.37. The number of rotatable bonds is 7. The molecular formula is C19H19ClN2O4S. The summed E-state index contributed by atoms with van der Waals surface area (Å²) in [7, 11) is 3.34. The van der Waals surface area contributed by atoms with Crippen molar-refractivity contribution in [3.63, 3.8) is 0 Å². The van der Waals surface area contributed by atoms with Crippen molar-refractivity contribution in [2.45, 2.75) is 4.90 Å². The van der Waals surface area contributed by atoms with Crippen molar-refractivity contribution >= 4 is 46.8 Å². The third kappa shape index (κ3) is 6.62. The molecule has 0 aromatic heterocycles. The molecule has 2 aromatic carbocycles. The van der Waals surface area contributed by atoms with Crippen LogP contribution in [0.2, 0.25) is 5.02 Å².